The van der Waals surface area contributed by atoms with Gasteiger partial charge in [-0.05, 0) is 45.3 Å². The van der Waals surface area contributed by atoms with Gasteiger partial charge in [0.25, 0.3) is 0 Å². The van der Waals surface area contributed by atoms with Crippen LogP contribution >= 0.6 is 0 Å². The van der Waals surface area contributed by atoms with Crippen LogP contribution in [0.1, 0.15) is 37.8 Å². The number of sulfonamides is 1. The molecule has 2 rings (SSSR count). The number of rotatable bonds is 5. The van der Waals surface area contributed by atoms with E-state index in [1.165, 1.54) is 9.71 Å². The van der Waals surface area contributed by atoms with Crippen LogP contribution in [0.4, 0.5) is 0 Å². The number of hydrogen-bond acceptors (Lipinski definition) is 3. The van der Waals surface area contributed by atoms with Gasteiger partial charge in [0.2, 0.25) is 15.9 Å². The van der Waals surface area contributed by atoms with Crippen LogP contribution in [-0.2, 0) is 14.8 Å². The van der Waals surface area contributed by atoms with E-state index in [1.807, 2.05) is 45.0 Å². The lowest BCUT2D eigenvalue weighted by molar-refractivity contribution is -0.126. The first-order valence-electron chi connectivity index (χ1n) is 8.33. The fourth-order valence-electron chi connectivity index (χ4n) is 2.70. The van der Waals surface area contributed by atoms with Crippen molar-refractivity contribution in [3.05, 3.63) is 40.8 Å². The smallest absolute Gasteiger partial charge is 0.236 e. The van der Waals surface area contributed by atoms with Gasteiger partial charge in [0.1, 0.15) is 0 Å². The second kappa shape index (κ2) is 7.94. The molecule has 1 aliphatic rings. The molecule has 1 fully saturated rings. The Labute approximate surface area is 144 Å². The fourth-order valence-corrected chi connectivity index (χ4v) is 3.92. The Kier molecular flexibility index (Phi) is 6.18. The van der Waals surface area contributed by atoms with Gasteiger partial charge >= 0.3 is 0 Å². The van der Waals surface area contributed by atoms with Gasteiger partial charge in [-0.3, -0.25) is 4.79 Å². The Morgan fingerprint density at radius 3 is 2.33 bits per heavy atom. The molecule has 1 aromatic carbocycles. The normalized spacial score (nSPS) is 17.5. The SMILES string of the molecule is Cc1ccc(/C=C/S(=O)(=O)N2CCC(C(=O)NC(C)C)CC2)cc1. The van der Waals surface area contributed by atoms with Crippen molar-refractivity contribution >= 4 is 22.0 Å². The first kappa shape index (κ1) is 18.7. The predicted molar refractivity (Wildman–Crippen MR) is 96.7 cm³/mol. The predicted octanol–water partition coefficient (Wildman–Crippen LogP) is 2.53. The third-order valence-corrected chi connectivity index (χ3v) is 5.69. The van der Waals surface area contributed by atoms with Gasteiger partial charge in [-0.1, -0.05) is 29.8 Å². The van der Waals surface area contributed by atoms with Crippen LogP contribution in [0.25, 0.3) is 6.08 Å². The highest BCUT2D eigenvalue weighted by Crippen LogP contribution is 2.21. The van der Waals surface area contributed by atoms with Crippen LogP contribution < -0.4 is 5.32 Å². The van der Waals surface area contributed by atoms with Crippen molar-refractivity contribution in [1.29, 1.82) is 0 Å². The molecule has 0 unspecified atom stereocenters. The van der Waals surface area contributed by atoms with E-state index in [0.717, 1.165) is 11.1 Å². The molecule has 0 bridgehead atoms. The maximum atomic E-state index is 12.4. The number of nitrogens with zero attached hydrogens (tertiary/aromatic N) is 1. The number of nitrogens with one attached hydrogen (secondary N) is 1. The van der Waals surface area contributed by atoms with Crippen LogP contribution in [0.15, 0.2) is 29.7 Å². The molecule has 0 atom stereocenters. The molecule has 1 aromatic rings. The molecule has 0 radical (unpaired) electrons. The summed E-state index contributed by atoms with van der Waals surface area (Å²) in [7, 11) is -3.44. The van der Waals surface area contributed by atoms with Gasteiger partial charge in [0, 0.05) is 30.5 Å². The molecule has 0 spiro atoms. The lowest BCUT2D eigenvalue weighted by Gasteiger charge is -2.30. The summed E-state index contributed by atoms with van der Waals surface area (Å²) in [5, 5.41) is 4.15. The van der Waals surface area contributed by atoms with E-state index in [2.05, 4.69) is 5.32 Å². The third kappa shape index (κ3) is 5.18. The number of carbonyl (C=O) groups excluding carboxylic acids is 1. The lowest BCUT2D eigenvalue weighted by Crippen LogP contribution is -2.43. The van der Waals surface area contributed by atoms with E-state index in [9.17, 15) is 13.2 Å². The van der Waals surface area contributed by atoms with E-state index in [4.69, 9.17) is 0 Å². The number of hydrogen-bond donors (Lipinski definition) is 1. The Bertz CT molecular complexity index is 685. The van der Waals surface area contributed by atoms with Gasteiger partial charge in [-0.25, -0.2) is 8.42 Å². The fraction of sp³-hybridized carbons (Fsp3) is 0.500. The Morgan fingerprint density at radius 1 is 1.21 bits per heavy atom. The third-order valence-electron chi connectivity index (χ3n) is 4.13. The van der Waals surface area contributed by atoms with Crippen molar-refractivity contribution in [2.24, 2.45) is 5.92 Å². The highest BCUT2D eigenvalue weighted by Gasteiger charge is 2.29. The molecule has 6 heteroatoms. The van der Waals surface area contributed by atoms with Crippen molar-refractivity contribution < 1.29 is 13.2 Å². The highest BCUT2D eigenvalue weighted by molar-refractivity contribution is 7.92. The molecule has 1 aliphatic heterocycles. The molecule has 0 aliphatic carbocycles. The first-order valence-corrected chi connectivity index (χ1v) is 9.83. The van der Waals surface area contributed by atoms with E-state index >= 15 is 0 Å². The summed E-state index contributed by atoms with van der Waals surface area (Å²) in [4.78, 5) is 12.0. The summed E-state index contributed by atoms with van der Waals surface area (Å²) in [6.45, 7) is 6.61. The quantitative estimate of drug-likeness (QED) is 0.887. The van der Waals surface area contributed by atoms with Crippen molar-refractivity contribution in [2.45, 2.75) is 39.7 Å². The van der Waals surface area contributed by atoms with Crippen LogP contribution in [0.3, 0.4) is 0 Å². The zero-order valence-electron chi connectivity index (χ0n) is 14.5. The van der Waals surface area contributed by atoms with E-state index in [1.54, 1.807) is 6.08 Å². The molecule has 1 saturated heterocycles. The lowest BCUT2D eigenvalue weighted by atomic mass is 9.97. The summed E-state index contributed by atoms with van der Waals surface area (Å²) in [6.07, 6.45) is 2.75. The summed E-state index contributed by atoms with van der Waals surface area (Å²) in [5.41, 5.74) is 1.99. The van der Waals surface area contributed by atoms with Gasteiger partial charge < -0.3 is 5.32 Å². The topological polar surface area (TPSA) is 66.5 Å². The Morgan fingerprint density at radius 2 is 1.79 bits per heavy atom. The standard InChI is InChI=1S/C18H26N2O3S/c1-14(2)19-18(21)17-8-11-20(12-9-17)24(22,23)13-10-16-6-4-15(3)5-7-16/h4-7,10,13-14,17H,8-9,11-12H2,1-3H3,(H,19,21)/b13-10+. The minimum Gasteiger partial charge on any atom is -0.354 e. The monoisotopic (exact) mass is 350 g/mol. The average molecular weight is 350 g/mol. The molecule has 1 N–H and O–H groups in total. The largest absolute Gasteiger partial charge is 0.354 e. The van der Waals surface area contributed by atoms with Crippen molar-refractivity contribution in [2.75, 3.05) is 13.1 Å². The minimum atomic E-state index is -3.44. The number of piperidine rings is 1. The molecular formula is C18H26N2O3S. The van der Waals surface area contributed by atoms with Crippen LogP contribution in [0.2, 0.25) is 0 Å². The minimum absolute atomic E-state index is 0.0252. The Hall–Kier alpha value is -1.66. The number of carbonyl (C=O) groups is 1. The van der Waals surface area contributed by atoms with E-state index < -0.39 is 10.0 Å². The summed E-state index contributed by atoms with van der Waals surface area (Å²) >= 11 is 0. The zero-order chi connectivity index (χ0) is 17.7. The van der Waals surface area contributed by atoms with Crippen molar-refractivity contribution in [1.82, 2.24) is 9.62 Å². The number of aryl methyl sites for hydroxylation is 1. The maximum Gasteiger partial charge on any atom is 0.236 e. The summed E-state index contributed by atoms with van der Waals surface area (Å²) < 4.78 is 26.3. The molecule has 5 nitrogen and oxygen atoms in total. The number of benzene rings is 1. The first-order chi connectivity index (χ1) is 11.3. The van der Waals surface area contributed by atoms with Crippen molar-refractivity contribution in [3.8, 4) is 0 Å². The summed E-state index contributed by atoms with van der Waals surface area (Å²) in [5.74, 6) is -0.0721. The second-order valence-electron chi connectivity index (χ2n) is 6.59. The van der Waals surface area contributed by atoms with Gasteiger partial charge in [-0.15, -0.1) is 0 Å². The zero-order valence-corrected chi connectivity index (χ0v) is 15.3. The van der Waals surface area contributed by atoms with E-state index in [0.29, 0.717) is 25.9 Å². The van der Waals surface area contributed by atoms with Crippen LogP contribution in [0.5, 0.6) is 0 Å². The molecule has 0 saturated carbocycles. The van der Waals surface area contributed by atoms with Gasteiger partial charge in [0.15, 0.2) is 0 Å². The molecule has 132 valence electrons. The molecule has 1 heterocycles. The van der Waals surface area contributed by atoms with E-state index in [-0.39, 0.29) is 17.9 Å². The maximum absolute atomic E-state index is 12.4. The second-order valence-corrected chi connectivity index (χ2v) is 8.41. The molecule has 0 aromatic heterocycles. The molecule has 24 heavy (non-hydrogen) atoms. The average Bonchev–Trinajstić information content (AvgIpc) is 2.54. The van der Waals surface area contributed by atoms with Crippen molar-refractivity contribution in [3.63, 3.8) is 0 Å². The highest BCUT2D eigenvalue weighted by atomic mass is 32.2. The van der Waals surface area contributed by atoms with Gasteiger partial charge in [-0.2, -0.15) is 4.31 Å². The molecule has 1 amide bonds. The van der Waals surface area contributed by atoms with Crippen LogP contribution in [-0.4, -0.2) is 37.8 Å². The van der Waals surface area contributed by atoms with Gasteiger partial charge in [0.05, 0.1) is 0 Å². The summed E-state index contributed by atoms with van der Waals surface area (Å²) in [6, 6.07) is 7.79. The number of amides is 1. The molecular weight excluding hydrogens is 324 g/mol. The van der Waals surface area contributed by atoms with Crippen LogP contribution in [0, 0.1) is 12.8 Å². The Balaban J connectivity index is 1.94.